The van der Waals surface area contributed by atoms with Crippen LogP contribution in [0.15, 0.2) is 146 Å². The van der Waals surface area contributed by atoms with Crippen LogP contribution in [0.3, 0.4) is 0 Å². The van der Waals surface area contributed by atoms with E-state index in [1.165, 1.54) is 135 Å². The van der Waals surface area contributed by atoms with Gasteiger partial charge in [0.05, 0.1) is 25.4 Å². The third kappa shape index (κ3) is 53.6. The Morgan fingerprint density at radius 1 is 0.402 bits per heavy atom. The van der Waals surface area contributed by atoms with Crippen LogP contribution >= 0.6 is 0 Å². The van der Waals surface area contributed by atoms with Gasteiger partial charge in [0.2, 0.25) is 5.91 Å². The van der Waals surface area contributed by atoms with Gasteiger partial charge < -0.3 is 40.3 Å². The number of aliphatic hydroxyl groups excluding tert-OH is 5. The van der Waals surface area contributed by atoms with E-state index in [0.717, 1.165) is 128 Å². The number of amides is 1. The minimum absolute atomic E-state index is 0.214. The standard InChI is InChI=1S/C78H131NO8/c1-3-5-7-9-11-13-15-17-19-21-23-25-27-29-31-33-35-36-38-40-42-44-46-48-50-52-54-56-58-60-62-64-66-68-74(82)79-71(70-86-78-77(85)76(84)75(83)73(69-80)87-78)72(81)67-65-63-61-59-57-55-53-51-49-47-45-43-41-39-37-34-32-30-28-26-24-22-20-18-16-14-12-10-8-6-4-2/h5,7,11,13,17,19,23,25,29,31,35-36,40,42,46,48-49,51-52,54,57,59,65,67,71-73,75-78,80-81,83-85H,3-4,6,8-10,12,14-16,18,20-22,24,26-28,30,32-34,37-39,41,43-45,47,50,53,55-56,58,60-64,66,68-70H2,1-2H3,(H,79,82)/b7-5-,13-11-,19-17-,25-23-,31-29-,36-35-,42-40-,48-46-,51-49+,54-52-,59-57+,67-65+. The SMILES string of the molecule is CC/C=C\C/C=C\C/C=C\C/C=C\C/C=C\C/C=C\C/C=C\C/C=C\C/C=C\CCCCCCCC(=O)NC(COC1OC(CO)C(O)C(O)C1O)C(O)/C=C/CC/C=C/CC/C=C/CCCCCCCCCCCCCCCCCCCCCCC. The molecular weight excluding hydrogens is 1080 g/mol. The maximum Gasteiger partial charge on any atom is 0.220 e. The van der Waals surface area contributed by atoms with Crippen molar-refractivity contribution in [1.82, 2.24) is 5.32 Å². The molecule has 9 heteroatoms. The summed E-state index contributed by atoms with van der Waals surface area (Å²) in [5.41, 5.74) is 0. The molecule has 0 bridgehead atoms. The summed E-state index contributed by atoms with van der Waals surface area (Å²) in [5.74, 6) is -0.214. The molecule has 87 heavy (non-hydrogen) atoms. The number of hydrogen-bond donors (Lipinski definition) is 6. The molecule has 7 unspecified atom stereocenters. The smallest absolute Gasteiger partial charge is 0.220 e. The number of carbonyl (C=O) groups is 1. The number of nitrogens with one attached hydrogen (secondary N) is 1. The van der Waals surface area contributed by atoms with Crippen molar-refractivity contribution in [2.45, 2.75) is 326 Å². The highest BCUT2D eigenvalue weighted by Crippen LogP contribution is 2.23. The molecule has 0 saturated carbocycles. The molecule has 1 aliphatic rings. The third-order valence-electron chi connectivity index (χ3n) is 15.9. The molecule has 0 aliphatic carbocycles. The lowest BCUT2D eigenvalue weighted by Crippen LogP contribution is -2.60. The Bertz CT molecular complexity index is 1890. The highest BCUT2D eigenvalue weighted by atomic mass is 16.7. The maximum absolute atomic E-state index is 13.1. The molecule has 0 aromatic rings. The number of aliphatic hydroxyl groups is 5. The van der Waals surface area contributed by atoms with Crippen molar-refractivity contribution in [1.29, 1.82) is 0 Å². The highest BCUT2D eigenvalue weighted by molar-refractivity contribution is 5.76. The van der Waals surface area contributed by atoms with Crippen LogP contribution in [0, 0.1) is 0 Å². The maximum atomic E-state index is 13.1. The Labute approximate surface area is 533 Å². The van der Waals surface area contributed by atoms with Crippen LogP contribution in [0.4, 0.5) is 0 Å². The lowest BCUT2D eigenvalue weighted by Gasteiger charge is -2.40. The Morgan fingerprint density at radius 2 is 0.724 bits per heavy atom. The quantitative estimate of drug-likeness (QED) is 0.0261. The molecule has 1 heterocycles. The molecule has 0 aromatic heterocycles. The van der Waals surface area contributed by atoms with Crippen molar-refractivity contribution in [3.8, 4) is 0 Å². The molecule has 6 N–H and O–H groups in total. The number of hydrogen-bond acceptors (Lipinski definition) is 8. The monoisotopic (exact) mass is 1210 g/mol. The van der Waals surface area contributed by atoms with Crippen LogP contribution in [-0.2, 0) is 14.3 Å². The number of allylic oxidation sites excluding steroid dienone is 23. The van der Waals surface area contributed by atoms with Crippen molar-refractivity contribution >= 4 is 5.91 Å². The minimum Gasteiger partial charge on any atom is -0.394 e. The molecule has 0 spiro atoms. The van der Waals surface area contributed by atoms with Gasteiger partial charge in [-0.1, -0.05) is 307 Å². The van der Waals surface area contributed by atoms with Gasteiger partial charge in [0.1, 0.15) is 24.4 Å². The highest BCUT2D eigenvalue weighted by Gasteiger charge is 2.44. The molecule has 9 nitrogen and oxygen atoms in total. The second kappa shape index (κ2) is 65.0. The Hall–Kier alpha value is -3.93. The van der Waals surface area contributed by atoms with Gasteiger partial charge in [-0.25, -0.2) is 0 Å². The lowest BCUT2D eigenvalue weighted by atomic mass is 9.99. The van der Waals surface area contributed by atoms with Crippen LogP contribution in [0.25, 0.3) is 0 Å². The van der Waals surface area contributed by atoms with E-state index in [-0.39, 0.29) is 12.5 Å². The first kappa shape index (κ1) is 81.1. The predicted molar refractivity (Wildman–Crippen MR) is 373 cm³/mol. The normalized spacial score (nSPS) is 18.9. The molecule has 1 saturated heterocycles. The van der Waals surface area contributed by atoms with Crippen LogP contribution < -0.4 is 5.32 Å². The molecule has 0 aromatic carbocycles. The molecule has 1 rings (SSSR count). The summed E-state index contributed by atoms with van der Waals surface area (Å²) in [4.78, 5) is 13.1. The average Bonchev–Trinajstić information content (AvgIpc) is 3.38. The predicted octanol–water partition coefficient (Wildman–Crippen LogP) is 19.7. The summed E-state index contributed by atoms with van der Waals surface area (Å²) in [6.07, 6.45) is 93.8. The molecule has 496 valence electrons. The average molecular weight is 1210 g/mol. The second-order valence-electron chi connectivity index (χ2n) is 23.9. The number of rotatable bonds is 60. The van der Waals surface area contributed by atoms with Gasteiger partial charge in [0, 0.05) is 6.42 Å². The summed E-state index contributed by atoms with van der Waals surface area (Å²) in [6, 6.07) is -0.853. The zero-order valence-corrected chi connectivity index (χ0v) is 55.5. The first-order chi connectivity index (χ1) is 42.8. The Balaban J connectivity index is 2.22. The van der Waals surface area contributed by atoms with Gasteiger partial charge in [-0.05, 0) is 116 Å². The van der Waals surface area contributed by atoms with E-state index in [0.29, 0.717) is 6.42 Å². The van der Waals surface area contributed by atoms with E-state index in [9.17, 15) is 30.3 Å². The summed E-state index contributed by atoms with van der Waals surface area (Å²) >= 11 is 0. The van der Waals surface area contributed by atoms with Crippen molar-refractivity contribution in [3.05, 3.63) is 146 Å². The van der Waals surface area contributed by atoms with Crippen molar-refractivity contribution in [2.75, 3.05) is 13.2 Å². The van der Waals surface area contributed by atoms with Crippen LogP contribution in [0.2, 0.25) is 0 Å². The van der Waals surface area contributed by atoms with Crippen molar-refractivity contribution < 1.29 is 39.8 Å². The fourth-order valence-electron chi connectivity index (χ4n) is 10.4. The van der Waals surface area contributed by atoms with Crippen LogP contribution in [-0.4, -0.2) is 87.5 Å². The Morgan fingerprint density at radius 3 is 1.10 bits per heavy atom. The van der Waals surface area contributed by atoms with Gasteiger partial charge in [-0.3, -0.25) is 4.79 Å². The van der Waals surface area contributed by atoms with E-state index in [2.05, 4.69) is 153 Å². The summed E-state index contributed by atoms with van der Waals surface area (Å²) in [7, 11) is 0. The molecular formula is C78H131NO8. The Kier molecular flexibility index (Phi) is 60.6. The van der Waals surface area contributed by atoms with Gasteiger partial charge in [0.25, 0.3) is 0 Å². The number of carbonyl (C=O) groups excluding carboxylic acids is 1. The molecule has 0 radical (unpaired) electrons. The van der Waals surface area contributed by atoms with Gasteiger partial charge >= 0.3 is 0 Å². The topological polar surface area (TPSA) is 149 Å². The zero-order chi connectivity index (χ0) is 62.8. The van der Waals surface area contributed by atoms with E-state index in [1.807, 2.05) is 6.08 Å². The zero-order valence-electron chi connectivity index (χ0n) is 55.5. The molecule has 1 amide bonds. The number of ether oxygens (including phenoxy) is 2. The molecule has 1 fully saturated rings. The summed E-state index contributed by atoms with van der Waals surface area (Å²) < 4.78 is 11.3. The van der Waals surface area contributed by atoms with E-state index < -0.39 is 49.5 Å². The van der Waals surface area contributed by atoms with Gasteiger partial charge in [-0.15, -0.1) is 0 Å². The third-order valence-corrected chi connectivity index (χ3v) is 15.9. The van der Waals surface area contributed by atoms with E-state index in [4.69, 9.17) is 9.47 Å². The fraction of sp³-hybridized carbons (Fsp3) is 0.679. The fourth-order valence-corrected chi connectivity index (χ4v) is 10.4. The summed E-state index contributed by atoms with van der Waals surface area (Å²) in [6.45, 7) is 3.65. The first-order valence-corrected chi connectivity index (χ1v) is 35.6. The van der Waals surface area contributed by atoms with Crippen LogP contribution in [0.1, 0.15) is 284 Å². The second-order valence-corrected chi connectivity index (χ2v) is 23.9. The van der Waals surface area contributed by atoms with E-state index in [1.54, 1.807) is 6.08 Å². The van der Waals surface area contributed by atoms with E-state index >= 15 is 0 Å². The largest absolute Gasteiger partial charge is 0.394 e. The van der Waals surface area contributed by atoms with Gasteiger partial charge in [-0.2, -0.15) is 0 Å². The van der Waals surface area contributed by atoms with Crippen molar-refractivity contribution in [2.24, 2.45) is 0 Å². The summed E-state index contributed by atoms with van der Waals surface area (Å²) in [5, 5.41) is 54.7. The van der Waals surface area contributed by atoms with Crippen molar-refractivity contribution in [3.63, 3.8) is 0 Å². The van der Waals surface area contributed by atoms with Gasteiger partial charge in [0.15, 0.2) is 6.29 Å². The molecule has 7 atom stereocenters. The first-order valence-electron chi connectivity index (χ1n) is 35.6. The minimum atomic E-state index is -1.59. The number of unbranched alkanes of at least 4 members (excludes halogenated alkanes) is 28. The lowest BCUT2D eigenvalue weighted by molar-refractivity contribution is -0.302. The molecule has 1 aliphatic heterocycles. The van der Waals surface area contributed by atoms with Crippen LogP contribution in [0.5, 0.6) is 0 Å².